The average Bonchev–Trinajstić information content (AvgIpc) is 2.58. The number of rotatable bonds is 6. The van der Waals surface area contributed by atoms with Crippen molar-refractivity contribution >= 4 is 23.6 Å². The monoisotopic (exact) mass is 332 g/mol. The second-order valence-electron chi connectivity index (χ2n) is 4.77. The largest absolute Gasteiger partial charge is 0.273 e. The van der Waals surface area contributed by atoms with Gasteiger partial charge in [-0.15, -0.1) is 11.8 Å². The summed E-state index contributed by atoms with van der Waals surface area (Å²) in [5.41, 5.74) is 4.95. The summed E-state index contributed by atoms with van der Waals surface area (Å²) in [6.07, 6.45) is 1.03. The molecule has 2 N–H and O–H groups in total. The molecular formula is C17H17FN2O2S. The van der Waals surface area contributed by atoms with E-state index in [1.165, 1.54) is 24.3 Å². The molecule has 0 bridgehead atoms. The smallest absolute Gasteiger partial charge is 0.269 e. The topological polar surface area (TPSA) is 58.2 Å². The van der Waals surface area contributed by atoms with Gasteiger partial charge in [-0.25, -0.2) is 4.39 Å². The Morgan fingerprint density at radius 2 is 1.65 bits per heavy atom. The molecular weight excluding hydrogens is 315 g/mol. The number of thioether (sulfide) groups is 1. The van der Waals surface area contributed by atoms with Gasteiger partial charge >= 0.3 is 0 Å². The Kier molecular flexibility index (Phi) is 6.62. The maximum Gasteiger partial charge on any atom is 0.269 e. The van der Waals surface area contributed by atoms with Crippen molar-refractivity contribution in [3.63, 3.8) is 0 Å². The average molecular weight is 332 g/mol. The van der Waals surface area contributed by atoms with Crippen LogP contribution in [0.2, 0.25) is 0 Å². The number of carbonyl (C=O) groups is 2. The number of nitrogens with one attached hydrogen (secondary N) is 2. The maximum atomic E-state index is 12.8. The number of carbonyl (C=O) groups excluding carboxylic acids is 2. The van der Waals surface area contributed by atoms with Crippen molar-refractivity contribution in [3.05, 3.63) is 66.0 Å². The lowest BCUT2D eigenvalue weighted by atomic mass is 10.2. The molecule has 0 aliphatic rings. The van der Waals surface area contributed by atoms with Gasteiger partial charge in [0.25, 0.3) is 5.91 Å². The van der Waals surface area contributed by atoms with Crippen LogP contribution in [0.5, 0.6) is 0 Å². The molecule has 2 rings (SSSR count). The molecule has 0 radical (unpaired) electrons. The summed E-state index contributed by atoms with van der Waals surface area (Å²) in [6, 6.07) is 15.0. The second kappa shape index (κ2) is 8.95. The SMILES string of the molecule is O=C(CCCSc1ccccc1)NNC(=O)c1ccc(F)cc1. The van der Waals surface area contributed by atoms with Crippen molar-refractivity contribution in [1.29, 1.82) is 0 Å². The molecule has 0 atom stereocenters. The molecule has 0 saturated carbocycles. The Balaban J connectivity index is 1.63. The van der Waals surface area contributed by atoms with Crippen molar-refractivity contribution in [2.75, 3.05) is 5.75 Å². The summed E-state index contributed by atoms with van der Waals surface area (Å²) in [4.78, 5) is 24.5. The van der Waals surface area contributed by atoms with Gasteiger partial charge in [0.15, 0.2) is 0 Å². The third kappa shape index (κ3) is 6.12. The Hall–Kier alpha value is -2.34. The number of hydrogen-bond acceptors (Lipinski definition) is 3. The fourth-order valence-corrected chi connectivity index (χ4v) is 2.68. The first-order valence-electron chi connectivity index (χ1n) is 7.18. The van der Waals surface area contributed by atoms with Crippen LogP contribution >= 0.6 is 11.8 Å². The molecule has 23 heavy (non-hydrogen) atoms. The van der Waals surface area contributed by atoms with E-state index in [0.29, 0.717) is 12.8 Å². The first-order chi connectivity index (χ1) is 11.1. The Morgan fingerprint density at radius 1 is 0.957 bits per heavy atom. The van der Waals surface area contributed by atoms with Crippen LogP contribution in [-0.2, 0) is 4.79 Å². The minimum Gasteiger partial charge on any atom is -0.273 e. The number of benzene rings is 2. The summed E-state index contributed by atoms with van der Waals surface area (Å²) in [5, 5.41) is 0. The molecule has 120 valence electrons. The molecule has 2 aromatic rings. The van der Waals surface area contributed by atoms with E-state index in [1.54, 1.807) is 11.8 Å². The minimum atomic E-state index is -0.475. The Bertz CT molecular complexity index is 647. The molecule has 0 saturated heterocycles. The van der Waals surface area contributed by atoms with Gasteiger partial charge in [0, 0.05) is 16.9 Å². The van der Waals surface area contributed by atoms with Crippen LogP contribution in [0.25, 0.3) is 0 Å². The van der Waals surface area contributed by atoms with Gasteiger partial charge < -0.3 is 0 Å². The highest BCUT2D eigenvalue weighted by Gasteiger charge is 2.07. The molecule has 4 nitrogen and oxygen atoms in total. The summed E-state index contributed by atoms with van der Waals surface area (Å²) < 4.78 is 12.8. The predicted molar refractivity (Wildman–Crippen MR) is 88.4 cm³/mol. The van der Waals surface area contributed by atoms with Gasteiger partial charge in [-0.05, 0) is 48.6 Å². The lowest BCUT2D eigenvalue weighted by molar-refractivity contribution is -0.121. The van der Waals surface area contributed by atoms with Crippen molar-refractivity contribution < 1.29 is 14.0 Å². The van der Waals surface area contributed by atoms with Gasteiger partial charge in [-0.2, -0.15) is 0 Å². The highest BCUT2D eigenvalue weighted by molar-refractivity contribution is 7.99. The Labute approximate surface area is 138 Å². The number of hydrogen-bond donors (Lipinski definition) is 2. The standard InChI is InChI=1S/C17H17FN2O2S/c18-14-10-8-13(9-11-14)17(22)20-19-16(21)7-4-12-23-15-5-2-1-3-6-15/h1-3,5-6,8-11H,4,7,12H2,(H,19,21)(H,20,22). The van der Waals surface area contributed by atoms with E-state index in [1.807, 2.05) is 30.3 Å². The lowest BCUT2D eigenvalue weighted by Gasteiger charge is -2.07. The van der Waals surface area contributed by atoms with Crippen molar-refractivity contribution in [1.82, 2.24) is 10.9 Å². The lowest BCUT2D eigenvalue weighted by Crippen LogP contribution is -2.41. The molecule has 0 spiro atoms. The fraction of sp³-hybridized carbons (Fsp3) is 0.176. The zero-order chi connectivity index (χ0) is 16.5. The molecule has 6 heteroatoms. The summed E-state index contributed by atoms with van der Waals surface area (Å²) >= 11 is 1.68. The van der Waals surface area contributed by atoms with E-state index in [4.69, 9.17) is 0 Å². The molecule has 0 aliphatic heterocycles. The van der Waals surface area contributed by atoms with Crippen molar-refractivity contribution in [2.45, 2.75) is 17.7 Å². The van der Waals surface area contributed by atoms with Crippen molar-refractivity contribution in [2.24, 2.45) is 0 Å². The molecule has 0 unspecified atom stereocenters. The van der Waals surface area contributed by atoms with Crippen LogP contribution in [-0.4, -0.2) is 17.6 Å². The third-order valence-corrected chi connectivity index (χ3v) is 4.08. The summed E-state index contributed by atoms with van der Waals surface area (Å²) in [7, 11) is 0. The fourth-order valence-electron chi connectivity index (χ4n) is 1.80. The Morgan fingerprint density at radius 3 is 2.35 bits per heavy atom. The first kappa shape index (κ1) is 17.0. The number of amides is 2. The zero-order valence-electron chi connectivity index (χ0n) is 12.4. The van der Waals surface area contributed by atoms with E-state index in [9.17, 15) is 14.0 Å². The maximum absolute atomic E-state index is 12.8. The minimum absolute atomic E-state index is 0.255. The number of hydrazine groups is 1. The highest BCUT2D eigenvalue weighted by Crippen LogP contribution is 2.18. The molecule has 0 fully saturated rings. The van der Waals surface area contributed by atoms with Gasteiger partial charge in [0.2, 0.25) is 5.91 Å². The van der Waals surface area contributed by atoms with E-state index < -0.39 is 11.7 Å². The van der Waals surface area contributed by atoms with Crippen molar-refractivity contribution in [3.8, 4) is 0 Å². The van der Waals surface area contributed by atoms with E-state index in [0.717, 1.165) is 10.6 Å². The summed E-state index contributed by atoms with van der Waals surface area (Å²) in [5.74, 6) is -0.323. The zero-order valence-corrected chi connectivity index (χ0v) is 13.2. The number of halogens is 1. The van der Waals surface area contributed by atoms with Crippen LogP contribution in [0, 0.1) is 5.82 Å². The van der Waals surface area contributed by atoms with Crippen LogP contribution in [0.4, 0.5) is 4.39 Å². The normalized spacial score (nSPS) is 10.1. The molecule has 0 aromatic heterocycles. The molecule has 2 amide bonds. The van der Waals surface area contributed by atoms with E-state index >= 15 is 0 Å². The quantitative estimate of drug-likeness (QED) is 0.485. The van der Waals surface area contributed by atoms with E-state index in [-0.39, 0.29) is 11.5 Å². The van der Waals surface area contributed by atoms with Crippen LogP contribution in [0.3, 0.4) is 0 Å². The molecule has 2 aromatic carbocycles. The van der Waals surface area contributed by atoms with Crippen LogP contribution < -0.4 is 10.9 Å². The van der Waals surface area contributed by atoms with Gasteiger partial charge in [-0.1, -0.05) is 18.2 Å². The predicted octanol–water partition coefficient (Wildman–Crippen LogP) is 3.16. The summed E-state index contributed by atoms with van der Waals surface area (Å²) in [6.45, 7) is 0. The van der Waals surface area contributed by atoms with Gasteiger partial charge in [0.05, 0.1) is 0 Å². The third-order valence-electron chi connectivity index (χ3n) is 2.98. The van der Waals surface area contributed by atoms with Crippen LogP contribution in [0.15, 0.2) is 59.5 Å². The van der Waals surface area contributed by atoms with Crippen LogP contribution in [0.1, 0.15) is 23.2 Å². The van der Waals surface area contributed by atoms with E-state index in [2.05, 4.69) is 10.9 Å². The molecule has 0 aliphatic carbocycles. The molecule has 0 heterocycles. The van der Waals surface area contributed by atoms with Gasteiger partial charge in [0.1, 0.15) is 5.82 Å². The highest BCUT2D eigenvalue weighted by atomic mass is 32.2. The van der Waals surface area contributed by atoms with Gasteiger partial charge in [-0.3, -0.25) is 20.4 Å². The first-order valence-corrected chi connectivity index (χ1v) is 8.16. The second-order valence-corrected chi connectivity index (χ2v) is 5.94.